The van der Waals surface area contributed by atoms with E-state index < -0.39 is 0 Å². The van der Waals surface area contributed by atoms with Crippen molar-refractivity contribution in [1.29, 1.82) is 0 Å². The summed E-state index contributed by atoms with van der Waals surface area (Å²) in [5, 5.41) is 6.05. The summed E-state index contributed by atoms with van der Waals surface area (Å²) in [7, 11) is 1.86. The number of hydrogen-bond acceptors (Lipinski definition) is 3. The number of hydrogen-bond donors (Lipinski definition) is 2. The van der Waals surface area contributed by atoms with Crippen molar-refractivity contribution < 1.29 is 4.79 Å². The van der Waals surface area contributed by atoms with Crippen molar-refractivity contribution in [2.45, 2.75) is 24.8 Å². The van der Waals surface area contributed by atoms with Crippen LogP contribution in [0.3, 0.4) is 0 Å². The minimum Gasteiger partial charge on any atom is -0.349 e. The topological polar surface area (TPSA) is 41.1 Å². The third-order valence-electron chi connectivity index (χ3n) is 2.93. The molecule has 0 fully saturated rings. The van der Waals surface area contributed by atoms with Gasteiger partial charge < -0.3 is 10.6 Å². The Balaban J connectivity index is 2.58. The molecule has 4 heteroatoms. The average Bonchev–Trinajstić information content (AvgIpc) is 2.39. The second-order valence-electron chi connectivity index (χ2n) is 4.46. The highest BCUT2D eigenvalue weighted by atomic mass is 32.2. The minimum absolute atomic E-state index is 0.0112. The van der Waals surface area contributed by atoms with Gasteiger partial charge in [-0.05, 0) is 37.9 Å². The molecule has 1 aromatic carbocycles. The second kappa shape index (κ2) is 7.44. The summed E-state index contributed by atoms with van der Waals surface area (Å²) in [4.78, 5) is 13.1. The lowest BCUT2D eigenvalue weighted by Gasteiger charge is -2.18. The van der Waals surface area contributed by atoms with E-state index in [4.69, 9.17) is 0 Å². The number of carbonyl (C=O) groups is 1. The summed E-state index contributed by atoms with van der Waals surface area (Å²) in [6, 6.07) is 8.35. The van der Waals surface area contributed by atoms with Gasteiger partial charge in [-0.25, -0.2) is 0 Å². The lowest BCUT2D eigenvalue weighted by Crippen LogP contribution is -2.35. The fourth-order valence-corrected chi connectivity index (χ4v) is 2.14. The maximum Gasteiger partial charge on any atom is 0.224 e. The highest BCUT2D eigenvalue weighted by Gasteiger charge is 2.15. The third-order valence-corrected chi connectivity index (χ3v) is 3.68. The molecule has 0 aliphatic rings. The summed E-state index contributed by atoms with van der Waals surface area (Å²) < 4.78 is 0. The standard InChI is InChI=1S/C14H22N2OS/c1-10(9-15-3)14(17)16-11(2)12-5-7-13(18-4)8-6-12/h5-8,10-11,15H,9H2,1-4H3,(H,16,17). The SMILES string of the molecule is CNCC(C)C(=O)NC(C)c1ccc(SC)cc1. The first-order chi connectivity index (χ1) is 8.58. The Labute approximate surface area is 114 Å². The Hall–Kier alpha value is -1.00. The largest absolute Gasteiger partial charge is 0.349 e. The zero-order valence-electron chi connectivity index (χ0n) is 11.5. The summed E-state index contributed by atoms with van der Waals surface area (Å²) in [6.45, 7) is 4.64. The van der Waals surface area contributed by atoms with Gasteiger partial charge in [-0.15, -0.1) is 11.8 Å². The van der Waals surface area contributed by atoms with Gasteiger partial charge in [-0.1, -0.05) is 19.1 Å². The quantitative estimate of drug-likeness (QED) is 0.777. The molecule has 0 radical (unpaired) electrons. The summed E-state index contributed by atoms with van der Waals surface area (Å²) in [5.41, 5.74) is 1.14. The minimum atomic E-state index is -0.0112. The molecule has 100 valence electrons. The van der Waals surface area contributed by atoms with E-state index >= 15 is 0 Å². The van der Waals surface area contributed by atoms with Gasteiger partial charge in [0.1, 0.15) is 0 Å². The number of amides is 1. The van der Waals surface area contributed by atoms with Crippen LogP contribution in [-0.2, 0) is 4.79 Å². The van der Waals surface area contributed by atoms with Crippen LogP contribution in [0.15, 0.2) is 29.2 Å². The van der Waals surface area contributed by atoms with Crippen molar-refractivity contribution in [3.63, 3.8) is 0 Å². The van der Waals surface area contributed by atoms with Crippen molar-refractivity contribution in [2.24, 2.45) is 5.92 Å². The summed E-state index contributed by atoms with van der Waals surface area (Å²) in [5.74, 6) is 0.0775. The van der Waals surface area contributed by atoms with Gasteiger partial charge >= 0.3 is 0 Å². The maximum absolute atomic E-state index is 11.9. The molecule has 3 nitrogen and oxygen atoms in total. The Morgan fingerprint density at radius 3 is 2.39 bits per heavy atom. The molecule has 1 rings (SSSR count). The van der Waals surface area contributed by atoms with Gasteiger partial charge in [-0.3, -0.25) is 4.79 Å². The smallest absolute Gasteiger partial charge is 0.224 e. The molecule has 0 aromatic heterocycles. The Morgan fingerprint density at radius 2 is 1.89 bits per heavy atom. The van der Waals surface area contributed by atoms with Crippen LogP contribution in [0, 0.1) is 5.92 Å². The molecule has 2 N–H and O–H groups in total. The van der Waals surface area contributed by atoms with E-state index in [9.17, 15) is 4.79 Å². The second-order valence-corrected chi connectivity index (χ2v) is 5.34. The fraction of sp³-hybridized carbons (Fsp3) is 0.500. The Morgan fingerprint density at radius 1 is 1.28 bits per heavy atom. The normalized spacial score (nSPS) is 14.0. The number of nitrogens with one attached hydrogen (secondary N) is 2. The molecule has 0 aliphatic heterocycles. The first-order valence-corrected chi connectivity index (χ1v) is 7.40. The van der Waals surface area contributed by atoms with E-state index in [1.807, 2.05) is 20.9 Å². The van der Waals surface area contributed by atoms with Gasteiger partial charge in [0.25, 0.3) is 0 Å². The van der Waals surface area contributed by atoms with Crippen LogP contribution in [0.4, 0.5) is 0 Å². The number of carbonyl (C=O) groups excluding carboxylic acids is 1. The molecular weight excluding hydrogens is 244 g/mol. The van der Waals surface area contributed by atoms with Crippen LogP contribution in [0.2, 0.25) is 0 Å². The maximum atomic E-state index is 11.9. The van der Waals surface area contributed by atoms with Crippen LogP contribution in [0.1, 0.15) is 25.5 Å². The van der Waals surface area contributed by atoms with Gasteiger partial charge in [0.05, 0.1) is 6.04 Å². The molecule has 1 aromatic rings. The molecule has 0 aliphatic carbocycles. The molecule has 0 spiro atoms. The lowest BCUT2D eigenvalue weighted by atomic mass is 10.1. The first-order valence-electron chi connectivity index (χ1n) is 6.17. The lowest BCUT2D eigenvalue weighted by molar-refractivity contribution is -0.125. The molecular formula is C14H22N2OS. The zero-order chi connectivity index (χ0) is 13.5. The predicted octanol–water partition coefficient (Wildman–Crippen LogP) is 2.44. The van der Waals surface area contributed by atoms with E-state index in [1.165, 1.54) is 4.90 Å². The van der Waals surface area contributed by atoms with Crippen LogP contribution < -0.4 is 10.6 Å². The molecule has 18 heavy (non-hydrogen) atoms. The van der Waals surface area contributed by atoms with E-state index in [0.717, 1.165) is 5.56 Å². The Kier molecular flexibility index (Phi) is 6.22. The van der Waals surface area contributed by atoms with Gasteiger partial charge in [-0.2, -0.15) is 0 Å². The van der Waals surface area contributed by atoms with Gasteiger partial charge in [0.15, 0.2) is 0 Å². The monoisotopic (exact) mass is 266 g/mol. The van der Waals surface area contributed by atoms with Crippen molar-refractivity contribution >= 4 is 17.7 Å². The Bertz CT molecular complexity index is 378. The van der Waals surface area contributed by atoms with Crippen LogP contribution in [0.5, 0.6) is 0 Å². The molecule has 0 heterocycles. The van der Waals surface area contributed by atoms with E-state index in [1.54, 1.807) is 11.8 Å². The van der Waals surface area contributed by atoms with Crippen LogP contribution >= 0.6 is 11.8 Å². The van der Waals surface area contributed by atoms with Crippen LogP contribution in [-0.4, -0.2) is 25.8 Å². The fourth-order valence-electron chi connectivity index (χ4n) is 1.73. The van der Waals surface area contributed by atoms with E-state index in [2.05, 4.69) is 41.2 Å². The molecule has 0 saturated carbocycles. The number of benzene rings is 1. The van der Waals surface area contributed by atoms with Crippen molar-refractivity contribution in [3.05, 3.63) is 29.8 Å². The van der Waals surface area contributed by atoms with E-state index in [-0.39, 0.29) is 17.9 Å². The highest BCUT2D eigenvalue weighted by molar-refractivity contribution is 7.98. The third kappa shape index (κ3) is 4.35. The molecule has 2 unspecified atom stereocenters. The average molecular weight is 266 g/mol. The van der Waals surface area contributed by atoms with Gasteiger partial charge in [0, 0.05) is 17.4 Å². The summed E-state index contributed by atoms with van der Waals surface area (Å²) >= 11 is 1.72. The number of rotatable bonds is 6. The molecule has 2 atom stereocenters. The molecule has 1 amide bonds. The molecule has 0 saturated heterocycles. The van der Waals surface area contributed by atoms with Crippen molar-refractivity contribution in [1.82, 2.24) is 10.6 Å². The van der Waals surface area contributed by atoms with E-state index in [0.29, 0.717) is 6.54 Å². The van der Waals surface area contributed by atoms with Crippen LogP contribution in [0.25, 0.3) is 0 Å². The molecule has 0 bridgehead atoms. The number of thioether (sulfide) groups is 1. The highest BCUT2D eigenvalue weighted by Crippen LogP contribution is 2.19. The predicted molar refractivity (Wildman–Crippen MR) is 77.9 cm³/mol. The zero-order valence-corrected chi connectivity index (χ0v) is 12.3. The van der Waals surface area contributed by atoms with Crippen molar-refractivity contribution in [2.75, 3.05) is 19.8 Å². The first kappa shape index (κ1) is 15.1. The van der Waals surface area contributed by atoms with Gasteiger partial charge in [0.2, 0.25) is 5.91 Å². The summed E-state index contributed by atoms with van der Waals surface area (Å²) in [6.07, 6.45) is 2.06. The van der Waals surface area contributed by atoms with Crippen molar-refractivity contribution in [3.8, 4) is 0 Å².